The number of rotatable bonds is 4. The highest BCUT2D eigenvalue weighted by atomic mass is 19.4. The minimum Gasteiger partial charge on any atom is -0.328 e. The zero-order chi connectivity index (χ0) is 21.1. The second-order valence-corrected chi connectivity index (χ2v) is 7.43. The summed E-state index contributed by atoms with van der Waals surface area (Å²) in [7, 11) is 0. The predicted octanol–water partition coefficient (Wildman–Crippen LogP) is 2.43. The Morgan fingerprint density at radius 2 is 1.77 bits per heavy atom. The molecular weight excluding hydrogens is 393 g/mol. The molecule has 3 aromatic rings. The molecule has 0 spiro atoms. The average molecular weight is 415 g/mol. The summed E-state index contributed by atoms with van der Waals surface area (Å²) in [5.74, 6) is -0.0738. The molecule has 1 N–H and O–H groups in total. The minimum atomic E-state index is -4.33. The Morgan fingerprint density at radius 1 is 1.03 bits per heavy atom. The van der Waals surface area contributed by atoms with Crippen LogP contribution in [0.2, 0.25) is 0 Å². The van der Waals surface area contributed by atoms with Crippen LogP contribution in [0.1, 0.15) is 21.5 Å². The van der Waals surface area contributed by atoms with Gasteiger partial charge in [0.2, 0.25) is 0 Å². The summed E-state index contributed by atoms with van der Waals surface area (Å²) in [6, 6.07) is 15.0. The molecule has 0 atom stereocenters. The first-order valence-corrected chi connectivity index (χ1v) is 9.79. The van der Waals surface area contributed by atoms with Crippen molar-refractivity contribution in [3.05, 3.63) is 83.7 Å². The van der Waals surface area contributed by atoms with Gasteiger partial charge in [-0.1, -0.05) is 30.3 Å². The van der Waals surface area contributed by atoms with Gasteiger partial charge in [0, 0.05) is 11.8 Å². The third kappa shape index (κ3) is 4.54. The SMILES string of the molecule is O=C(c1cnn(-c2ccccc2)c1)N1CC[NH+](Cc2cccc(C(F)(F)F)c2)CC1. The van der Waals surface area contributed by atoms with E-state index in [4.69, 9.17) is 0 Å². The summed E-state index contributed by atoms with van der Waals surface area (Å²) in [5, 5.41) is 4.27. The van der Waals surface area contributed by atoms with Crippen molar-refractivity contribution < 1.29 is 22.9 Å². The number of para-hydroxylation sites is 1. The number of quaternary nitrogens is 1. The van der Waals surface area contributed by atoms with Crippen LogP contribution in [0.5, 0.6) is 0 Å². The van der Waals surface area contributed by atoms with E-state index in [9.17, 15) is 18.0 Å². The summed E-state index contributed by atoms with van der Waals surface area (Å²) >= 11 is 0. The molecule has 0 bridgehead atoms. The van der Waals surface area contributed by atoms with Crippen LogP contribution < -0.4 is 4.90 Å². The first kappa shape index (κ1) is 20.2. The topological polar surface area (TPSA) is 42.6 Å². The van der Waals surface area contributed by atoms with Crippen LogP contribution in [-0.4, -0.2) is 46.8 Å². The van der Waals surface area contributed by atoms with Gasteiger partial charge in [0.1, 0.15) is 6.54 Å². The number of piperazine rings is 1. The van der Waals surface area contributed by atoms with Crippen molar-refractivity contribution in [1.82, 2.24) is 14.7 Å². The molecule has 5 nitrogen and oxygen atoms in total. The summed E-state index contributed by atoms with van der Waals surface area (Å²) in [6.45, 7) is 3.01. The van der Waals surface area contributed by atoms with E-state index < -0.39 is 11.7 Å². The van der Waals surface area contributed by atoms with Crippen molar-refractivity contribution in [2.75, 3.05) is 26.2 Å². The second kappa shape index (κ2) is 8.31. The largest absolute Gasteiger partial charge is 0.416 e. The summed E-state index contributed by atoms with van der Waals surface area (Å²) in [6.07, 6.45) is -1.04. The molecule has 2 heterocycles. The lowest BCUT2D eigenvalue weighted by Gasteiger charge is -2.32. The Bertz CT molecular complexity index is 1010. The summed E-state index contributed by atoms with van der Waals surface area (Å²) in [5.41, 5.74) is 1.44. The van der Waals surface area contributed by atoms with Crippen LogP contribution in [0.15, 0.2) is 67.0 Å². The molecule has 1 fully saturated rings. The highest BCUT2D eigenvalue weighted by molar-refractivity contribution is 5.93. The number of benzene rings is 2. The Kier molecular flexibility index (Phi) is 5.59. The van der Waals surface area contributed by atoms with Crippen LogP contribution in [-0.2, 0) is 12.7 Å². The molecule has 30 heavy (non-hydrogen) atoms. The number of halogens is 3. The zero-order valence-electron chi connectivity index (χ0n) is 16.3. The van der Waals surface area contributed by atoms with E-state index in [0.717, 1.165) is 11.8 Å². The number of amides is 1. The maximum atomic E-state index is 12.9. The second-order valence-electron chi connectivity index (χ2n) is 7.43. The molecule has 4 rings (SSSR count). The number of carbonyl (C=O) groups is 1. The van der Waals surface area contributed by atoms with E-state index in [2.05, 4.69) is 5.10 Å². The molecule has 0 aliphatic carbocycles. The van der Waals surface area contributed by atoms with E-state index in [-0.39, 0.29) is 5.91 Å². The van der Waals surface area contributed by atoms with E-state index in [0.29, 0.717) is 43.9 Å². The molecule has 1 amide bonds. The van der Waals surface area contributed by atoms with Gasteiger partial charge < -0.3 is 9.80 Å². The molecule has 1 saturated heterocycles. The van der Waals surface area contributed by atoms with Crippen molar-refractivity contribution in [1.29, 1.82) is 0 Å². The maximum absolute atomic E-state index is 12.9. The number of hydrogen-bond acceptors (Lipinski definition) is 2. The Morgan fingerprint density at radius 3 is 2.47 bits per heavy atom. The molecule has 1 aliphatic heterocycles. The number of nitrogens with one attached hydrogen (secondary N) is 1. The van der Waals surface area contributed by atoms with Crippen molar-refractivity contribution in [2.45, 2.75) is 12.7 Å². The predicted molar refractivity (Wildman–Crippen MR) is 105 cm³/mol. The van der Waals surface area contributed by atoms with Gasteiger partial charge in [0.05, 0.1) is 49.2 Å². The fourth-order valence-electron chi connectivity index (χ4n) is 3.69. The normalized spacial score (nSPS) is 15.4. The van der Waals surface area contributed by atoms with Gasteiger partial charge in [0.15, 0.2) is 0 Å². The molecule has 1 aromatic heterocycles. The van der Waals surface area contributed by atoms with Crippen molar-refractivity contribution in [2.24, 2.45) is 0 Å². The third-order valence-corrected chi connectivity index (χ3v) is 5.32. The average Bonchev–Trinajstić information content (AvgIpc) is 3.24. The summed E-state index contributed by atoms with van der Waals surface area (Å²) < 4.78 is 40.4. The molecule has 156 valence electrons. The first-order chi connectivity index (χ1) is 14.4. The van der Waals surface area contributed by atoms with Crippen LogP contribution in [0.25, 0.3) is 5.69 Å². The number of nitrogens with zero attached hydrogens (tertiary/aromatic N) is 3. The molecule has 0 unspecified atom stereocenters. The van der Waals surface area contributed by atoms with Crippen LogP contribution in [0, 0.1) is 0 Å². The van der Waals surface area contributed by atoms with Crippen molar-refractivity contribution in [3.63, 3.8) is 0 Å². The van der Waals surface area contributed by atoms with Gasteiger partial charge in [-0.05, 0) is 24.3 Å². The highest BCUT2D eigenvalue weighted by Crippen LogP contribution is 2.29. The highest BCUT2D eigenvalue weighted by Gasteiger charge is 2.31. The fourth-order valence-corrected chi connectivity index (χ4v) is 3.69. The van der Waals surface area contributed by atoms with Crippen LogP contribution in [0.4, 0.5) is 13.2 Å². The van der Waals surface area contributed by atoms with E-state index in [1.165, 1.54) is 17.0 Å². The van der Waals surface area contributed by atoms with Crippen LogP contribution in [0.3, 0.4) is 0 Å². The number of aromatic nitrogens is 2. The zero-order valence-corrected chi connectivity index (χ0v) is 16.3. The first-order valence-electron chi connectivity index (χ1n) is 9.79. The molecule has 1 aliphatic rings. The molecule has 0 saturated carbocycles. The minimum absolute atomic E-state index is 0.0738. The Balaban J connectivity index is 1.35. The number of carbonyl (C=O) groups excluding carboxylic acids is 1. The molecule has 8 heteroatoms. The van der Waals surface area contributed by atoms with Gasteiger partial charge >= 0.3 is 6.18 Å². The fraction of sp³-hybridized carbons (Fsp3) is 0.273. The Labute approximate surface area is 172 Å². The Hall–Kier alpha value is -3.13. The lowest BCUT2D eigenvalue weighted by molar-refractivity contribution is -0.917. The van der Waals surface area contributed by atoms with E-state index in [1.54, 1.807) is 28.0 Å². The lowest BCUT2D eigenvalue weighted by Crippen LogP contribution is -3.13. The standard InChI is InChI=1S/C22H21F3N4O/c23-22(24,25)19-6-4-5-17(13-19)15-27-9-11-28(12-10-27)21(30)18-14-26-29(16-18)20-7-2-1-3-8-20/h1-8,13-14,16H,9-12,15H2/p+1. The number of alkyl halides is 3. The molecule has 2 aromatic carbocycles. The molecular formula is C22H22F3N4O+. The summed E-state index contributed by atoms with van der Waals surface area (Å²) in [4.78, 5) is 15.7. The van der Waals surface area contributed by atoms with E-state index >= 15 is 0 Å². The third-order valence-electron chi connectivity index (χ3n) is 5.32. The van der Waals surface area contributed by atoms with Crippen LogP contribution >= 0.6 is 0 Å². The van der Waals surface area contributed by atoms with Gasteiger partial charge in [-0.15, -0.1) is 0 Å². The van der Waals surface area contributed by atoms with Crippen molar-refractivity contribution in [3.8, 4) is 5.69 Å². The maximum Gasteiger partial charge on any atom is 0.416 e. The van der Waals surface area contributed by atoms with Gasteiger partial charge in [-0.3, -0.25) is 4.79 Å². The van der Waals surface area contributed by atoms with Gasteiger partial charge in [0.25, 0.3) is 5.91 Å². The monoisotopic (exact) mass is 415 g/mol. The van der Waals surface area contributed by atoms with Crippen molar-refractivity contribution >= 4 is 5.91 Å². The van der Waals surface area contributed by atoms with Gasteiger partial charge in [-0.25, -0.2) is 4.68 Å². The smallest absolute Gasteiger partial charge is 0.328 e. The van der Waals surface area contributed by atoms with E-state index in [1.807, 2.05) is 30.3 Å². The number of hydrogen-bond donors (Lipinski definition) is 1. The van der Waals surface area contributed by atoms with Gasteiger partial charge in [-0.2, -0.15) is 18.3 Å². The lowest BCUT2D eigenvalue weighted by atomic mass is 10.1. The molecule has 0 radical (unpaired) electrons. The quantitative estimate of drug-likeness (QED) is 0.711.